The Kier molecular flexibility index (Phi) is 4.34. The molecule has 1 aromatic heterocycles. The third-order valence-electron chi connectivity index (χ3n) is 3.39. The normalized spacial score (nSPS) is 14.2. The van der Waals surface area contributed by atoms with E-state index in [1.54, 1.807) is 12.1 Å². The molecule has 0 radical (unpaired) electrons. The standard InChI is InChI=1S/C16H16Cl2N2O/c1-10-2-3-11(17)8-15(10)21-16-7-6-13(18)14(20-16)9-19-12-4-5-12/h2-3,6-8,12,19H,4-5,9H2,1H3. The number of aryl methyl sites for hydroxylation is 1. The molecule has 110 valence electrons. The van der Waals surface area contributed by atoms with Gasteiger partial charge in [-0.15, -0.1) is 0 Å². The molecule has 1 aliphatic carbocycles. The highest BCUT2D eigenvalue weighted by molar-refractivity contribution is 6.31. The van der Waals surface area contributed by atoms with Gasteiger partial charge in [0.15, 0.2) is 0 Å². The fourth-order valence-electron chi connectivity index (χ4n) is 1.97. The lowest BCUT2D eigenvalue weighted by Gasteiger charge is -2.11. The molecule has 3 rings (SSSR count). The van der Waals surface area contributed by atoms with Gasteiger partial charge in [0.05, 0.1) is 10.7 Å². The summed E-state index contributed by atoms with van der Waals surface area (Å²) >= 11 is 12.2. The first kappa shape index (κ1) is 14.6. The monoisotopic (exact) mass is 322 g/mol. The van der Waals surface area contributed by atoms with Crippen molar-refractivity contribution in [3.8, 4) is 11.6 Å². The molecule has 0 amide bonds. The zero-order chi connectivity index (χ0) is 14.8. The van der Waals surface area contributed by atoms with Gasteiger partial charge in [-0.2, -0.15) is 0 Å². The summed E-state index contributed by atoms with van der Waals surface area (Å²) in [4.78, 5) is 4.48. The summed E-state index contributed by atoms with van der Waals surface area (Å²) in [7, 11) is 0. The van der Waals surface area contributed by atoms with E-state index in [1.165, 1.54) is 12.8 Å². The minimum atomic E-state index is 0.525. The minimum absolute atomic E-state index is 0.525. The van der Waals surface area contributed by atoms with Crippen molar-refractivity contribution < 1.29 is 4.74 Å². The number of nitrogens with zero attached hydrogens (tertiary/aromatic N) is 1. The fourth-order valence-corrected chi connectivity index (χ4v) is 2.30. The quantitative estimate of drug-likeness (QED) is 0.863. The Balaban J connectivity index is 1.78. The van der Waals surface area contributed by atoms with Gasteiger partial charge < -0.3 is 10.1 Å². The second-order valence-corrected chi connectivity index (χ2v) is 6.09. The van der Waals surface area contributed by atoms with Crippen LogP contribution < -0.4 is 10.1 Å². The molecule has 0 bridgehead atoms. The van der Waals surface area contributed by atoms with Crippen LogP contribution in [-0.4, -0.2) is 11.0 Å². The van der Waals surface area contributed by atoms with Crippen molar-refractivity contribution in [2.24, 2.45) is 0 Å². The van der Waals surface area contributed by atoms with E-state index in [0.717, 1.165) is 11.3 Å². The predicted octanol–water partition coefficient (Wildman–Crippen LogP) is 4.74. The van der Waals surface area contributed by atoms with Crippen LogP contribution in [0, 0.1) is 6.92 Å². The molecule has 1 fully saturated rings. The number of aromatic nitrogens is 1. The second kappa shape index (κ2) is 6.22. The molecule has 0 aliphatic heterocycles. The largest absolute Gasteiger partial charge is 0.439 e. The van der Waals surface area contributed by atoms with E-state index in [-0.39, 0.29) is 0 Å². The Morgan fingerprint density at radius 2 is 2.05 bits per heavy atom. The number of ether oxygens (including phenoxy) is 1. The second-order valence-electron chi connectivity index (χ2n) is 5.25. The zero-order valence-corrected chi connectivity index (χ0v) is 13.2. The third-order valence-corrected chi connectivity index (χ3v) is 3.97. The lowest BCUT2D eigenvalue weighted by molar-refractivity contribution is 0.456. The first-order chi connectivity index (χ1) is 10.1. The Labute approximate surface area is 134 Å². The van der Waals surface area contributed by atoms with Crippen molar-refractivity contribution in [1.29, 1.82) is 0 Å². The molecular formula is C16H16Cl2N2O. The van der Waals surface area contributed by atoms with E-state index in [2.05, 4.69) is 10.3 Å². The van der Waals surface area contributed by atoms with Crippen molar-refractivity contribution in [2.75, 3.05) is 0 Å². The Morgan fingerprint density at radius 3 is 2.81 bits per heavy atom. The number of pyridine rings is 1. The maximum absolute atomic E-state index is 6.18. The SMILES string of the molecule is Cc1ccc(Cl)cc1Oc1ccc(Cl)c(CNC2CC2)n1. The summed E-state index contributed by atoms with van der Waals surface area (Å²) < 4.78 is 5.83. The lowest BCUT2D eigenvalue weighted by Crippen LogP contribution is -2.16. The van der Waals surface area contributed by atoms with Crippen LogP contribution >= 0.6 is 23.2 Å². The highest BCUT2D eigenvalue weighted by Crippen LogP contribution is 2.28. The van der Waals surface area contributed by atoms with E-state index >= 15 is 0 Å². The van der Waals surface area contributed by atoms with Crippen molar-refractivity contribution in [1.82, 2.24) is 10.3 Å². The molecule has 0 unspecified atom stereocenters. The maximum atomic E-state index is 6.18. The molecule has 21 heavy (non-hydrogen) atoms. The van der Waals surface area contributed by atoms with Gasteiger partial charge in [-0.25, -0.2) is 4.98 Å². The summed E-state index contributed by atoms with van der Waals surface area (Å²) in [6, 6.07) is 9.74. The Bertz CT molecular complexity index is 657. The smallest absolute Gasteiger partial charge is 0.219 e. The zero-order valence-electron chi connectivity index (χ0n) is 11.7. The van der Waals surface area contributed by atoms with Crippen LogP contribution in [0.1, 0.15) is 24.1 Å². The van der Waals surface area contributed by atoms with Gasteiger partial charge in [-0.1, -0.05) is 29.3 Å². The van der Waals surface area contributed by atoms with Crippen LogP contribution in [0.25, 0.3) is 0 Å². The third kappa shape index (κ3) is 3.88. The van der Waals surface area contributed by atoms with Crippen LogP contribution in [-0.2, 0) is 6.54 Å². The van der Waals surface area contributed by atoms with Crippen molar-refractivity contribution in [3.63, 3.8) is 0 Å². The number of nitrogens with one attached hydrogen (secondary N) is 1. The van der Waals surface area contributed by atoms with Gasteiger partial charge in [0, 0.05) is 23.7 Å². The number of rotatable bonds is 5. The molecular weight excluding hydrogens is 307 g/mol. The topological polar surface area (TPSA) is 34.1 Å². The van der Waals surface area contributed by atoms with Crippen LogP contribution in [0.2, 0.25) is 10.0 Å². The van der Waals surface area contributed by atoms with Gasteiger partial charge in [-0.05, 0) is 43.5 Å². The maximum Gasteiger partial charge on any atom is 0.219 e. The number of benzene rings is 1. The Hall–Kier alpha value is -1.29. The van der Waals surface area contributed by atoms with Crippen molar-refractivity contribution >= 4 is 23.2 Å². The molecule has 1 aromatic carbocycles. The van der Waals surface area contributed by atoms with E-state index in [9.17, 15) is 0 Å². The highest BCUT2D eigenvalue weighted by Gasteiger charge is 2.20. The molecule has 3 nitrogen and oxygen atoms in total. The molecule has 1 N–H and O–H groups in total. The molecule has 1 heterocycles. The average Bonchev–Trinajstić information content (AvgIpc) is 3.27. The number of hydrogen-bond acceptors (Lipinski definition) is 3. The van der Waals surface area contributed by atoms with E-state index in [1.807, 2.05) is 25.1 Å². The van der Waals surface area contributed by atoms with Gasteiger partial charge in [-0.3, -0.25) is 0 Å². The molecule has 5 heteroatoms. The summed E-state index contributed by atoms with van der Waals surface area (Å²) in [5.74, 6) is 1.23. The minimum Gasteiger partial charge on any atom is -0.439 e. The highest BCUT2D eigenvalue weighted by atomic mass is 35.5. The fraction of sp³-hybridized carbons (Fsp3) is 0.312. The van der Waals surface area contributed by atoms with Crippen LogP contribution in [0.5, 0.6) is 11.6 Å². The molecule has 2 aromatic rings. The first-order valence-corrected chi connectivity index (χ1v) is 7.70. The summed E-state index contributed by atoms with van der Waals surface area (Å²) in [6.45, 7) is 2.63. The van der Waals surface area contributed by atoms with Crippen LogP contribution in [0.15, 0.2) is 30.3 Å². The molecule has 1 saturated carbocycles. The van der Waals surface area contributed by atoms with Gasteiger partial charge in [0.25, 0.3) is 0 Å². The number of hydrogen-bond donors (Lipinski definition) is 1. The van der Waals surface area contributed by atoms with Gasteiger partial charge in [0.2, 0.25) is 5.88 Å². The molecule has 1 aliphatic rings. The van der Waals surface area contributed by atoms with E-state index in [0.29, 0.717) is 34.3 Å². The van der Waals surface area contributed by atoms with Crippen molar-refractivity contribution in [3.05, 3.63) is 51.6 Å². The predicted molar refractivity (Wildman–Crippen MR) is 85.4 cm³/mol. The lowest BCUT2D eigenvalue weighted by atomic mass is 10.2. The van der Waals surface area contributed by atoms with Gasteiger partial charge >= 0.3 is 0 Å². The molecule has 0 saturated heterocycles. The van der Waals surface area contributed by atoms with E-state index in [4.69, 9.17) is 27.9 Å². The summed E-state index contributed by atoms with van der Waals surface area (Å²) in [5.41, 5.74) is 1.81. The number of halogens is 2. The van der Waals surface area contributed by atoms with Crippen LogP contribution in [0.3, 0.4) is 0 Å². The summed E-state index contributed by atoms with van der Waals surface area (Å²) in [6.07, 6.45) is 2.46. The van der Waals surface area contributed by atoms with Crippen molar-refractivity contribution in [2.45, 2.75) is 32.4 Å². The Morgan fingerprint density at radius 1 is 1.24 bits per heavy atom. The average molecular weight is 323 g/mol. The molecule has 0 spiro atoms. The van der Waals surface area contributed by atoms with Gasteiger partial charge in [0.1, 0.15) is 5.75 Å². The molecule has 0 atom stereocenters. The van der Waals surface area contributed by atoms with E-state index < -0.39 is 0 Å². The summed E-state index contributed by atoms with van der Waals surface area (Å²) in [5, 5.41) is 4.69. The van der Waals surface area contributed by atoms with Crippen LogP contribution in [0.4, 0.5) is 0 Å². The first-order valence-electron chi connectivity index (χ1n) is 6.94.